The zero-order valence-electron chi connectivity index (χ0n) is 17.0. The lowest BCUT2D eigenvalue weighted by Gasteiger charge is -2.10. The molecular formula is C20H23N5O4S. The number of carbonyl (C=O) groups excluding carboxylic acids is 1. The van der Waals surface area contributed by atoms with E-state index in [1.54, 1.807) is 17.9 Å². The first-order valence-electron chi connectivity index (χ1n) is 9.27. The maximum absolute atomic E-state index is 12.1. The van der Waals surface area contributed by atoms with E-state index in [0.717, 1.165) is 21.5 Å². The van der Waals surface area contributed by atoms with E-state index >= 15 is 0 Å². The third-order valence-corrected chi connectivity index (χ3v) is 5.77. The first-order chi connectivity index (χ1) is 14.3. The molecule has 3 aromatic rings. The second-order valence-electron chi connectivity index (χ2n) is 6.76. The number of methoxy groups -OCH3 is 2. The number of hydrogen-bond acceptors (Lipinski definition) is 8. The van der Waals surface area contributed by atoms with Gasteiger partial charge in [-0.15, -0.1) is 0 Å². The molecule has 3 rings (SSSR count). The van der Waals surface area contributed by atoms with Crippen molar-refractivity contribution in [1.29, 1.82) is 10.8 Å². The quantitative estimate of drug-likeness (QED) is 0.324. The van der Waals surface area contributed by atoms with Crippen LogP contribution in [0.3, 0.4) is 0 Å². The van der Waals surface area contributed by atoms with Crippen LogP contribution in [0.2, 0.25) is 0 Å². The normalized spacial score (nSPS) is 12.1. The van der Waals surface area contributed by atoms with Gasteiger partial charge in [-0.3, -0.25) is 20.2 Å². The molecule has 2 aromatic heterocycles. The molecule has 2 heterocycles. The monoisotopic (exact) mass is 429 g/mol. The van der Waals surface area contributed by atoms with Gasteiger partial charge in [0.15, 0.2) is 0 Å². The van der Waals surface area contributed by atoms with Crippen molar-refractivity contribution in [2.45, 2.75) is 32.4 Å². The number of hydrogen-bond donors (Lipinski definition) is 2. The summed E-state index contributed by atoms with van der Waals surface area (Å²) in [7, 11) is 2.78. The van der Waals surface area contributed by atoms with E-state index in [0.29, 0.717) is 0 Å². The molecule has 1 aromatic carbocycles. The summed E-state index contributed by atoms with van der Waals surface area (Å²) in [6, 6.07) is 7.71. The number of thiazole rings is 1. The number of nitrogens with zero attached hydrogens (tertiary/aromatic N) is 3. The number of fused-ring (bicyclic) bond motifs is 1. The third-order valence-electron chi connectivity index (χ3n) is 4.82. The third kappa shape index (κ3) is 4.39. The van der Waals surface area contributed by atoms with Gasteiger partial charge < -0.3 is 9.47 Å². The topological polar surface area (TPSA) is 123 Å². The van der Waals surface area contributed by atoms with Crippen LogP contribution < -0.4 is 4.87 Å². The van der Waals surface area contributed by atoms with Gasteiger partial charge in [0, 0.05) is 32.1 Å². The molecule has 1 unspecified atom stereocenters. The van der Waals surface area contributed by atoms with E-state index in [1.807, 2.05) is 31.2 Å². The van der Waals surface area contributed by atoms with Gasteiger partial charge in [-0.05, 0) is 23.8 Å². The van der Waals surface area contributed by atoms with Crippen molar-refractivity contribution < 1.29 is 14.3 Å². The van der Waals surface area contributed by atoms with Gasteiger partial charge in [-0.25, -0.2) is 9.48 Å². The molecule has 0 aliphatic rings. The molecule has 2 N–H and O–H groups in total. The maximum atomic E-state index is 12.1. The number of benzene rings is 1. The summed E-state index contributed by atoms with van der Waals surface area (Å²) in [6.07, 6.45) is 2.02. The molecule has 30 heavy (non-hydrogen) atoms. The number of rotatable bonds is 8. The van der Waals surface area contributed by atoms with Crippen LogP contribution in [0, 0.1) is 10.8 Å². The SMILES string of the molecule is COCn1c(=O)sc2cc(C(C)c3ccn(C(=N)CCC(=N)C(=O)OC)n3)ccc21. The van der Waals surface area contributed by atoms with Gasteiger partial charge in [0.05, 0.1) is 23.0 Å². The summed E-state index contributed by atoms with van der Waals surface area (Å²) in [6.45, 7) is 2.23. The van der Waals surface area contributed by atoms with E-state index in [2.05, 4.69) is 9.84 Å². The standard InChI is InChI=1S/C20H23N5O4S/c1-12(13-4-6-16-17(10-13)30-20(27)24(16)11-28-2)15-8-9-25(23-15)18(22)7-5-14(21)19(26)29-3/h4,6,8-10,12,21-22H,5,7,11H2,1-3H3. The zero-order valence-corrected chi connectivity index (χ0v) is 17.8. The fraction of sp³-hybridized carbons (Fsp3) is 0.350. The molecule has 0 spiro atoms. The molecular weight excluding hydrogens is 406 g/mol. The van der Waals surface area contributed by atoms with Crippen molar-refractivity contribution in [1.82, 2.24) is 14.3 Å². The highest BCUT2D eigenvalue weighted by molar-refractivity contribution is 7.16. The highest BCUT2D eigenvalue weighted by Crippen LogP contribution is 2.27. The van der Waals surface area contributed by atoms with Crippen molar-refractivity contribution in [3.63, 3.8) is 0 Å². The molecule has 0 aliphatic carbocycles. The summed E-state index contributed by atoms with van der Waals surface area (Å²) >= 11 is 1.18. The molecule has 0 radical (unpaired) electrons. The van der Waals surface area contributed by atoms with Crippen LogP contribution in [-0.2, 0) is 21.0 Å². The largest absolute Gasteiger partial charge is 0.465 e. The molecule has 10 heteroatoms. The van der Waals surface area contributed by atoms with E-state index in [1.165, 1.54) is 23.1 Å². The van der Waals surface area contributed by atoms with Crippen LogP contribution in [0.5, 0.6) is 0 Å². The Morgan fingerprint density at radius 1 is 1.23 bits per heavy atom. The lowest BCUT2D eigenvalue weighted by Crippen LogP contribution is -2.18. The molecule has 9 nitrogen and oxygen atoms in total. The number of nitrogens with one attached hydrogen (secondary N) is 2. The summed E-state index contributed by atoms with van der Waals surface area (Å²) < 4.78 is 13.5. The molecule has 0 bridgehead atoms. The Balaban J connectivity index is 1.75. The van der Waals surface area contributed by atoms with Crippen LogP contribution in [-0.4, -0.2) is 46.1 Å². The second kappa shape index (κ2) is 9.14. The van der Waals surface area contributed by atoms with E-state index in [-0.39, 0.29) is 41.9 Å². The molecule has 0 saturated heterocycles. The van der Waals surface area contributed by atoms with Crippen molar-refractivity contribution in [2.24, 2.45) is 0 Å². The molecule has 0 saturated carbocycles. The highest BCUT2D eigenvalue weighted by Gasteiger charge is 2.16. The average Bonchev–Trinajstić information content (AvgIpc) is 3.35. The Labute approximate surface area is 176 Å². The number of esters is 1. The fourth-order valence-corrected chi connectivity index (χ4v) is 4.00. The zero-order chi connectivity index (χ0) is 21.8. The first kappa shape index (κ1) is 21.6. The number of carbonyl (C=O) groups is 1. The lowest BCUT2D eigenvalue weighted by molar-refractivity contribution is -0.132. The minimum absolute atomic E-state index is 0.0371. The Hall–Kier alpha value is -3.11. The summed E-state index contributed by atoms with van der Waals surface area (Å²) in [5, 5.41) is 20.3. The Bertz CT molecular complexity index is 1160. The summed E-state index contributed by atoms with van der Waals surface area (Å²) in [5.41, 5.74) is 2.46. The van der Waals surface area contributed by atoms with E-state index in [9.17, 15) is 9.59 Å². The van der Waals surface area contributed by atoms with Gasteiger partial charge in [-0.1, -0.05) is 24.3 Å². The Morgan fingerprint density at radius 3 is 2.70 bits per heavy atom. The van der Waals surface area contributed by atoms with Crippen LogP contribution in [0.25, 0.3) is 10.2 Å². The van der Waals surface area contributed by atoms with Crippen molar-refractivity contribution in [3.8, 4) is 0 Å². The molecule has 0 aliphatic heterocycles. The fourth-order valence-electron chi connectivity index (χ4n) is 3.08. The van der Waals surface area contributed by atoms with Gasteiger partial charge in [0.2, 0.25) is 0 Å². The van der Waals surface area contributed by atoms with Gasteiger partial charge in [-0.2, -0.15) is 5.10 Å². The molecule has 1 atom stereocenters. The Kier molecular flexibility index (Phi) is 6.58. The predicted molar refractivity (Wildman–Crippen MR) is 115 cm³/mol. The predicted octanol–water partition coefficient (Wildman–Crippen LogP) is 2.81. The van der Waals surface area contributed by atoms with Crippen LogP contribution in [0.4, 0.5) is 0 Å². The van der Waals surface area contributed by atoms with Crippen LogP contribution in [0.15, 0.2) is 35.3 Å². The molecule has 0 amide bonds. The maximum Gasteiger partial charge on any atom is 0.351 e. The first-order valence-corrected chi connectivity index (χ1v) is 10.1. The minimum Gasteiger partial charge on any atom is -0.465 e. The minimum atomic E-state index is -0.686. The molecule has 0 fully saturated rings. The van der Waals surface area contributed by atoms with Gasteiger partial charge >= 0.3 is 10.8 Å². The van der Waals surface area contributed by atoms with Gasteiger partial charge in [0.1, 0.15) is 18.3 Å². The van der Waals surface area contributed by atoms with Gasteiger partial charge in [0.25, 0.3) is 0 Å². The highest BCUT2D eigenvalue weighted by atomic mass is 32.1. The molecule has 158 valence electrons. The smallest absolute Gasteiger partial charge is 0.351 e. The number of aromatic nitrogens is 3. The van der Waals surface area contributed by atoms with E-state index < -0.39 is 5.97 Å². The second-order valence-corrected chi connectivity index (χ2v) is 7.76. The van der Waals surface area contributed by atoms with Crippen molar-refractivity contribution in [3.05, 3.63) is 51.4 Å². The van der Waals surface area contributed by atoms with Crippen molar-refractivity contribution >= 4 is 39.1 Å². The van der Waals surface area contributed by atoms with Crippen molar-refractivity contribution in [2.75, 3.05) is 14.2 Å². The van der Waals surface area contributed by atoms with Crippen LogP contribution >= 0.6 is 11.3 Å². The summed E-state index contributed by atoms with van der Waals surface area (Å²) in [4.78, 5) is 23.4. The number of ether oxygens (including phenoxy) is 2. The summed E-state index contributed by atoms with van der Waals surface area (Å²) in [5.74, 6) is -0.535. The lowest BCUT2D eigenvalue weighted by atomic mass is 9.98. The Morgan fingerprint density at radius 2 is 2.00 bits per heavy atom. The average molecular weight is 430 g/mol. The van der Waals surface area contributed by atoms with Crippen LogP contribution in [0.1, 0.15) is 36.9 Å². The van der Waals surface area contributed by atoms with E-state index in [4.69, 9.17) is 15.6 Å².